The maximum Gasteiger partial charge on any atom is 0.213 e. The Balaban J connectivity index is 4.03. The van der Waals surface area contributed by atoms with Crippen molar-refractivity contribution >= 4 is 10.0 Å². The SMILES string of the molecule is COCC(O)CN(C)S(=O)(=O)CCCNC(C)C. The molecule has 0 fully saturated rings. The Labute approximate surface area is 110 Å². The second-order valence-electron chi connectivity index (χ2n) is 4.67. The molecule has 7 heteroatoms. The van der Waals surface area contributed by atoms with Crippen molar-refractivity contribution in [2.24, 2.45) is 0 Å². The standard InChI is InChI=1S/C11H26N2O4S/c1-10(2)12-6-5-7-18(15,16)13(3)8-11(14)9-17-4/h10-12,14H,5-9H2,1-4H3. The van der Waals surface area contributed by atoms with Gasteiger partial charge in [0.15, 0.2) is 0 Å². The third-order valence-electron chi connectivity index (χ3n) is 2.43. The van der Waals surface area contributed by atoms with Crippen LogP contribution in [0.2, 0.25) is 0 Å². The number of nitrogens with one attached hydrogen (secondary N) is 1. The summed E-state index contributed by atoms with van der Waals surface area (Å²) >= 11 is 0. The molecule has 0 aromatic heterocycles. The molecule has 0 aromatic rings. The van der Waals surface area contributed by atoms with E-state index in [0.717, 1.165) is 0 Å². The number of hydrogen-bond donors (Lipinski definition) is 2. The molecule has 0 spiro atoms. The first-order chi connectivity index (χ1) is 8.29. The fraction of sp³-hybridized carbons (Fsp3) is 1.00. The highest BCUT2D eigenvalue weighted by Gasteiger charge is 2.20. The molecule has 0 heterocycles. The molecule has 2 N–H and O–H groups in total. The van der Waals surface area contributed by atoms with E-state index < -0.39 is 16.1 Å². The van der Waals surface area contributed by atoms with Gasteiger partial charge in [0.2, 0.25) is 10.0 Å². The van der Waals surface area contributed by atoms with Crippen LogP contribution >= 0.6 is 0 Å². The van der Waals surface area contributed by atoms with E-state index in [1.807, 2.05) is 13.8 Å². The predicted molar refractivity (Wildman–Crippen MR) is 72.1 cm³/mol. The fourth-order valence-corrected chi connectivity index (χ4v) is 2.68. The quantitative estimate of drug-likeness (QED) is 0.535. The molecule has 0 aromatic carbocycles. The minimum atomic E-state index is -3.29. The first-order valence-corrected chi connectivity index (χ1v) is 7.75. The summed E-state index contributed by atoms with van der Waals surface area (Å²) in [6.07, 6.45) is -0.228. The lowest BCUT2D eigenvalue weighted by Crippen LogP contribution is -2.38. The fourth-order valence-electron chi connectivity index (χ4n) is 1.46. The predicted octanol–water partition coefficient (Wildman–Crippen LogP) is -0.357. The van der Waals surface area contributed by atoms with Crippen molar-refractivity contribution in [2.45, 2.75) is 32.4 Å². The second-order valence-corrected chi connectivity index (χ2v) is 6.86. The lowest BCUT2D eigenvalue weighted by Gasteiger charge is -2.20. The number of ether oxygens (including phenoxy) is 1. The summed E-state index contributed by atoms with van der Waals surface area (Å²) < 4.78 is 29.7. The molecule has 0 saturated carbocycles. The number of sulfonamides is 1. The molecule has 6 nitrogen and oxygen atoms in total. The van der Waals surface area contributed by atoms with Crippen LogP contribution in [0.25, 0.3) is 0 Å². The van der Waals surface area contributed by atoms with Gasteiger partial charge in [-0.25, -0.2) is 12.7 Å². The van der Waals surface area contributed by atoms with Crippen molar-refractivity contribution in [3.05, 3.63) is 0 Å². The Morgan fingerprint density at radius 2 is 2.00 bits per heavy atom. The topological polar surface area (TPSA) is 78.9 Å². The molecule has 0 aliphatic carbocycles. The van der Waals surface area contributed by atoms with Crippen molar-refractivity contribution in [1.29, 1.82) is 0 Å². The zero-order chi connectivity index (χ0) is 14.2. The van der Waals surface area contributed by atoms with Crippen molar-refractivity contribution in [3.8, 4) is 0 Å². The Kier molecular flexibility index (Phi) is 8.71. The van der Waals surface area contributed by atoms with Crippen LogP contribution < -0.4 is 5.32 Å². The summed E-state index contributed by atoms with van der Waals surface area (Å²) in [5.74, 6) is 0.0862. The lowest BCUT2D eigenvalue weighted by molar-refractivity contribution is 0.0554. The summed E-state index contributed by atoms with van der Waals surface area (Å²) in [6, 6.07) is 0.356. The molecule has 1 unspecified atom stereocenters. The summed E-state index contributed by atoms with van der Waals surface area (Å²) in [6.45, 7) is 4.90. The zero-order valence-corrected chi connectivity index (χ0v) is 12.5. The Bertz CT molecular complexity index is 306. The van der Waals surface area contributed by atoms with E-state index in [9.17, 15) is 13.5 Å². The van der Waals surface area contributed by atoms with Crippen LogP contribution in [0.4, 0.5) is 0 Å². The van der Waals surface area contributed by atoms with Crippen LogP contribution in [-0.2, 0) is 14.8 Å². The van der Waals surface area contributed by atoms with Crippen LogP contribution in [0.5, 0.6) is 0 Å². The smallest absolute Gasteiger partial charge is 0.213 e. The average molecular weight is 282 g/mol. The van der Waals surface area contributed by atoms with E-state index in [1.54, 1.807) is 0 Å². The van der Waals surface area contributed by atoms with E-state index >= 15 is 0 Å². The highest BCUT2D eigenvalue weighted by Crippen LogP contribution is 2.02. The van der Waals surface area contributed by atoms with Crippen LogP contribution in [0.1, 0.15) is 20.3 Å². The molecule has 18 heavy (non-hydrogen) atoms. The number of nitrogens with zero attached hydrogens (tertiary/aromatic N) is 1. The van der Waals surface area contributed by atoms with Crippen molar-refractivity contribution < 1.29 is 18.3 Å². The number of rotatable bonds is 10. The molecule has 1 atom stereocenters. The molecular weight excluding hydrogens is 256 g/mol. The first-order valence-electron chi connectivity index (χ1n) is 6.14. The van der Waals surface area contributed by atoms with E-state index in [0.29, 0.717) is 19.0 Å². The molecule has 0 bridgehead atoms. The monoisotopic (exact) mass is 282 g/mol. The van der Waals surface area contributed by atoms with Gasteiger partial charge >= 0.3 is 0 Å². The van der Waals surface area contributed by atoms with Crippen LogP contribution in [0.3, 0.4) is 0 Å². The molecule has 110 valence electrons. The van der Waals surface area contributed by atoms with Crippen LogP contribution in [-0.4, -0.2) is 69.6 Å². The molecule has 0 rings (SSSR count). The Hall–Kier alpha value is -0.210. The highest BCUT2D eigenvalue weighted by atomic mass is 32.2. The average Bonchev–Trinajstić information content (AvgIpc) is 2.24. The zero-order valence-electron chi connectivity index (χ0n) is 11.7. The number of likely N-dealkylation sites (N-methyl/N-ethyl adjacent to an activating group) is 1. The maximum absolute atomic E-state index is 11.9. The number of aliphatic hydroxyl groups is 1. The molecule has 0 aliphatic rings. The Morgan fingerprint density at radius 3 is 2.50 bits per heavy atom. The molecule has 0 radical (unpaired) electrons. The van der Waals surface area contributed by atoms with Crippen molar-refractivity contribution in [1.82, 2.24) is 9.62 Å². The van der Waals surface area contributed by atoms with Gasteiger partial charge in [-0.3, -0.25) is 0 Å². The van der Waals surface area contributed by atoms with Crippen LogP contribution in [0, 0.1) is 0 Å². The van der Waals surface area contributed by atoms with E-state index in [2.05, 4.69) is 5.32 Å². The minimum Gasteiger partial charge on any atom is -0.389 e. The van der Waals surface area contributed by atoms with E-state index in [4.69, 9.17) is 4.74 Å². The minimum absolute atomic E-state index is 0.0633. The van der Waals surface area contributed by atoms with Crippen molar-refractivity contribution in [2.75, 3.05) is 39.6 Å². The van der Waals surface area contributed by atoms with Gasteiger partial charge in [-0.1, -0.05) is 13.8 Å². The lowest BCUT2D eigenvalue weighted by atomic mass is 10.4. The van der Waals surface area contributed by atoms with E-state index in [1.165, 1.54) is 18.5 Å². The third-order valence-corrected chi connectivity index (χ3v) is 4.34. The molecule has 0 saturated heterocycles. The number of aliphatic hydroxyl groups excluding tert-OH is 1. The summed E-state index contributed by atoms with van der Waals surface area (Å²) in [4.78, 5) is 0. The van der Waals surface area contributed by atoms with Crippen LogP contribution in [0.15, 0.2) is 0 Å². The maximum atomic E-state index is 11.9. The largest absolute Gasteiger partial charge is 0.389 e. The normalized spacial score (nSPS) is 14.4. The Morgan fingerprint density at radius 1 is 1.39 bits per heavy atom. The molecular formula is C11H26N2O4S. The van der Waals surface area contributed by atoms with Crippen molar-refractivity contribution in [3.63, 3.8) is 0 Å². The highest BCUT2D eigenvalue weighted by molar-refractivity contribution is 7.89. The first kappa shape index (κ1) is 17.8. The molecule has 0 aliphatic heterocycles. The van der Waals surface area contributed by atoms with Gasteiger partial charge in [0.1, 0.15) is 0 Å². The van der Waals surface area contributed by atoms with Gasteiger partial charge in [0, 0.05) is 26.7 Å². The van der Waals surface area contributed by atoms with E-state index in [-0.39, 0.29) is 18.9 Å². The number of methoxy groups -OCH3 is 1. The van der Waals surface area contributed by atoms with Gasteiger partial charge < -0.3 is 15.2 Å². The van der Waals surface area contributed by atoms with Gasteiger partial charge in [0.25, 0.3) is 0 Å². The molecule has 0 amide bonds. The number of hydrogen-bond acceptors (Lipinski definition) is 5. The van der Waals surface area contributed by atoms with Gasteiger partial charge in [0.05, 0.1) is 18.5 Å². The third kappa shape index (κ3) is 7.99. The summed E-state index contributed by atoms with van der Waals surface area (Å²) in [7, 11) is -0.350. The summed E-state index contributed by atoms with van der Waals surface area (Å²) in [5, 5.41) is 12.6. The van der Waals surface area contributed by atoms with Gasteiger partial charge in [-0.2, -0.15) is 0 Å². The summed E-state index contributed by atoms with van der Waals surface area (Å²) in [5.41, 5.74) is 0. The van der Waals surface area contributed by atoms with Gasteiger partial charge in [-0.15, -0.1) is 0 Å². The van der Waals surface area contributed by atoms with Gasteiger partial charge in [-0.05, 0) is 13.0 Å². The second kappa shape index (κ2) is 8.82.